The smallest absolute Gasteiger partial charge is 0.0713 e. The van der Waals surface area contributed by atoms with E-state index < -0.39 is 5.41 Å². The van der Waals surface area contributed by atoms with Crippen molar-refractivity contribution < 1.29 is 0 Å². The third kappa shape index (κ3) is 4.86. The lowest BCUT2D eigenvalue weighted by molar-refractivity contribution is 0.750. The number of hydrogen-bond donors (Lipinski definition) is 0. The van der Waals surface area contributed by atoms with E-state index in [4.69, 9.17) is 0 Å². The summed E-state index contributed by atoms with van der Waals surface area (Å²) in [6.45, 7) is 4.28. The molecule has 10 rings (SSSR count). The van der Waals surface area contributed by atoms with Crippen molar-refractivity contribution in [1.82, 2.24) is 0 Å². The fraction of sp³-hybridized carbons (Fsp3) is 0.0566. The predicted molar refractivity (Wildman–Crippen MR) is 228 cm³/mol. The van der Waals surface area contributed by atoms with Gasteiger partial charge in [-0.25, -0.2) is 0 Å². The lowest BCUT2D eigenvalue weighted by atomic mass is 9.59. The molecule has 0 radical (unpaired) electrons. The molecule has 0 aromatic heterocycles. The van der Waals surface area contributed by atoms with E-state index in [2.05, 4.69) is 219 Å². The largest absolute Gasteiger partial charge is 0.311 e. The van der Waals surface area contributed by atoms with Crippen molar-refractivity contribution in [2.45, 2.75) is 19.3 Å². The molecule has 0 unspecified atom stereocenters. The van der Waals surface area contributed by atoms with Crippen molar-refractivity contribution in [1.29, 1.82) is 0 Å². The van der Waals surface area contributed by atoms with Gasteiger partial charge in [-0.1, -0.05) is 175 Å². The van der Waals surface area contributed by atoms with Gasteiger partial charge in [0.05, 0.1) is 5.41 Å². The minimum absolute atomic E-state index is 0.502. The molecule has 0 aliphatic heterocycles. The van der Waals surface area contributed by atoms with Gasteiger partial charge in [0.1, 0.15) is 0 Å². The highest BCUT2D eigenvalue weighted by Gasteiger charge is 2.44. The monoisotopic (exact) mass is 689 g/mol. The Morgan fingerprint density at radius 1 is 0.352 bits per heavy atom. The highest BCUT2D eigenvalue weighted by atomic mass is 15.1. The highest BCUT2D eigenvalue weighted by Crippen LogP contribution is 2.58. The van der Waals surface area contributed by atoms with Gasteiger partial charge in [0.2, 0.25) is 0 Å². The maximum absolute atomic E-state index is 2.38. The van der Waals surface area contributed by atoms with Crippen LogP contribution in [-0.2, 0) is 5.41 Å². The summed E-state index contributed by atoms with van der Waals surface area (Å²) in [7, 11) is 0. The number of rotatable bonds is 6. The summed E-state index contributed by atoms with van der Waals surface area (Å²) >= 11 is 0. The minimum Gasteiger partial charge on any atom is -0.311 e. The summed E-state index contributed by atoms with van der Waals surface area (Å²) in [5.74, 6) is 0. The first kappa shape index (κ1) is 32.0. The third-order valence-electron chi connectivity index (χ3n) is 11.5. The molecule has 0 atom stereocenters. The second kappa shape index (κ2) is 12.8. The zero-order chi connectivity index (χ0) is 36.2. The SMILES string of the molecule is Cc1ccc(N(c2ccc(C)cc2)c2ccc(-c3c4ccccc4c4c5c(cccc35)C(c3ccccc3)(c3ccccc3)c3ccccc3-4)cc2)cc1. The summed E-state index contributed by atoms with van der Waals surface area (Å²) in [6, 6.07) is 74.2. The Morgan fingerprint density at radius 3 is 1.37 bits per heavy atom. The van der Waals surface area contributed by atoms with Crippen molar-refractivity contribution in [2.75, 3.05) is 4.90 Å². The first-order chi connectivity index (χ1) is 26.6. The molecule has 0 spiro atoms. The molecule has 0 bridgehead atoms. The Hall–Kier alpha value is -6.70. The van der Waals surface area contributed by atoms with Crippen molar-refractivity contribution in [3.8, 4) is 22.3 Å². The Morgan fingerprint density at radius 2 is 0.796 bits per heavy atom. The van der Waals surface area contributed by atoms with Crippen molar-refractivity contribution in [3.63, 3.8) is 0 Å². The number of nitrogens with zero attached hydrogens (tertiary/aromatic N) is 1. The fourth-order valence-corrected chi connectivity index (χ4v) is 9.08. The molecule has 0 saturated heterocycles. The van der Waals surface area contributed by atoms with E-state index in [-0.39, 0.29) is 0 Å². The standard InChI is InChI=1S/C53H39N/c1-36-24-30-41(31-25-36)54(42-32-26-37(2)27-33-42)43-34-28-38(29-35-43)50-44-18-9-10-19-45(44)51-46-20-11-12-22-48(46)53(39-14-5-3-6-15-39,40-16-7-4-8-17-40)49-23-13-21-47(50)52(49)51/h3-35H,1-2H3. The van der Waals surface area contributed by atoms with Crippen LogP contribution < -0.4 is 4.90 Å². The van der Waals surface area contributed by atoms with Crippen molar-refractivity contribution >= 4 is 38.6 Å². The van der Waals surface area contributed by atoms with Crippen LogP contribution in [0.4, 0.5) is 17.1 Å². The lowest BCUT2D eigenvalue weighted by Crippen LogP contribution is -2.33. The lowest BCUT2D eigenvalue weighted by Gasteiger charge is -2.42. The van der Waals surface area contributed by atoms with Gasteiger partial charge in [-0.15, -0.1) is 0 Å². The third-order valence-corrected chi connectivity index (χ3v) is 11.5. The van der Waals surface area contributed by atoms with Crippen LogP contribution in [0.1, 0.15) is 33.4 Å². The normalized spacial score (nSPS) is 12.8. The number of anilines is 3. The molecule has 256 valence electrons. The van der Waals surface area contributed by atoms with Gasteiger partial charge < -0.3 is 4.90 Å². The molecule has 0 saturated carbocycles. The van der Waals surface area contributed by atoms with Crippen LogP contribution >= 0.6 is 0 Å². The molecular weight excluding hydrogens is 651 g/mol. The summed E-state index contributed by atoms with van der Waals surface area (Å²) in [6.07, 6.45) is 0. The van der Waals surface area contributed by atoms with E-state index in [1.165, 1.54) is 77.2 Å². The molecule has 0 N–H and O–H groups in total. The molecule has 1 nitrogen and oxygen atoms in total. The van der Waals surface area contributed by atoms with Gasteiger partial charge in [0.25, 0.3) is 0 Å². The van der Waals surface area contributed by atoms with Gasteiger partial charge in [0.15, 0.2) is 0 Å². The number of fused-ring (bicyclic) bond motifs is 4. The Kier molecular flexibility index (Phi) is 7.56. The zero-order valence-corrected chi connectivity index (χ0v) is 30.5. The first-order valence-electron chi connectivity index (χ1n) is 18.9. The van der Waals surface area contributed by atoms with Crippen LogP contribution in [0.2, 0.25) is 0 Å². The molecule has 0 fully saturated rings. The molecule has 54 heavy (non-hydrogen) atoms. The van der Waals surface area contributed by atoms with Crippen LogP contribution in [0.25, 0.3) is 43.8 Å². The van der Waals surface area contributed by atoms with Crippen LogP contribution in [-0.4, -0.2) is 0 Å². The molecule has 0 amide bonds. The van der Waals surface area contributed by atoms with Gasteiger partial charge >= 0.3 is 0 Å². The Bertz CT molecular complexity index is 2710. The van der Waals surface area contributed by atoms with E-state index in [0.29, 0.717) is 0 Å². The molecular formula is C53H39N. The average molecular weight is 690 g/mol. The fourth-order valence-electron chi connectivity index (χ4n) is 9.08. The van der Waals surface area contributed by atoms with Crippen molar-refractivity contribution in [3.05, 3.63) is 234 Å². The minimum atomic E-state index is -0.502. The van der Waals surface area contributed by atoms with Crippen LogP contribution in [0.15, 0.2) is 200 Å². The van der Waals surface area contributed by atoms with Crippen molar-refractivity contribution in [2.24, 2.45) is 0 Å². The van der Waals surface area contributed by atoms with Crippen LogP contribution in [0.3, 0.4) is 0 Å². The first-order valence-corrected chi connectivity index (χ1v) is 18.9. The van der Waals surface area contributed by atoms with E-state index in [1.807, 2.05) is 0 Å². The summed E-state index contributed by atoms with van der Waals surface area (Å²) in [5.41, 5.74) is 15.7. The van der Waals surface area contributed by atoms with E-state index in [0.717, 1.165) is 17.1 Å². The second-order valence-electron chi connectivity index (χ2n) is 14.6. The summed E-state index contributed by atoms with van der Waals surface area (Å²) < 4.78 is 0. The van der Waals surface area contributed by atoms with Gasteiger partial charge in [-0.3, -0.25) is 0 Å². The van der Waals surface area contributed by atoms with E-state index >= 15 is 0 Å². The van der Waals surface area contributed by atoms with Gasteiger partial charge in [-0.05, 0) is 116 Å². The van der Waals surface area contributed by atoms with Crippen LogP contribution in [0, 0.1) is 13.8 Å². The maximum atomic E-state index is 2.38. The molecule has 1 aliphatic rings. The topological polar surface area (TPSA) is 3.24 Å². The Balaban J connectivity index is 1.26. The average Bonchev–Trinajstić information content (AvgIpc) is 3.23. The molecule has 0 heterocycles. The zero-order valence-electron chi connectivity index (χ0n) is 30.5. The van der Waals surface area contributed by atoms with Gasteiger partial charge in [0, 0.05) is 17.1 Å². The summed E-state index contributed by atoms with van der Waals surface area (Å²) in [4.78, 5) is 2.35. The van der Waals surface area contributed by atoms with Crippen LogP contribution in [0.5, 0.6) is 0 Å². The maximum Gasteiger partial charge on any atom is 0.0713 e. The van der Waals surface area contributed by atoms with E-state index in [1.54, 1.807) is 0 Å². The summed E-state index contributed by atoms with van der Waals surface area (Å²) in [5, 5.41) is 5.14. The predicted octanol–water partition coefficient (Wildman–Crippen LogP) is 14.1. The number of aryl methyl sites for hydroxylation is 2. The number of hydrogen-bond acceptors (Lipinski definition) is 1. The van der Waals surface area contributed by atoms with E-state index in [9.17, 15) is 0 Å². The van der Waals surface area contributed by atoms with Gasteiger partial charge in [-0.2, -0.15) is 0 Å². The highest BCUT2D eigenvalue weighted by molar-refractivity contribution is 6.24. The Labute approximate surface area is 317 Å². The quantitative estimate of drug-likeness (QED) is 0.157. The second-order valence-corrected chi connectivity index (χ2v) is 14.6. The molecule has 1 heteroatoms. The molecule has 9 aromatic rings. The molecule has 9 aromatic carbocycles. The molecule has 1 aliphatic carbocycles. The number of benzene rings is 9.